The van der Waals surface area contributed by atoms with Crippen molar-refractivity contribution in [3.63, 3.8) is 0 Å². The van der Waals surface area contributed by atoms with Gasteiger partial charge in [0.25, 0.3) is 0 Å². The van der Waals surface area contributed by atoms with Crippen molar-refractivity contribution in [2.75, 3.05) is 46.4 Å². The fourth-order valence-corrected chi connectivity index (χ4v) is 4.35. The molecular weight excluding hydrogens is 352 g/mol. The molecule has 8 heteroatoms. The van der Waals surface area contributed by atoms with E-state index in [1.54, 1.807) is 23.2 Å². The molecule has 2 amide bonds. The first kappa shape index (κ1) is 19.3. The summed E-state index contributed by atoms with van der Waals surface area (Å²) in [5, 5.41) is 3.15. The minimum atomic E-state index is 0.0158. The number of likely N-dealkylation sites (tertiary alicyclic amines) is 1. The Bertz CT molecular complexity index is 622. The maximum absolute atomic E-state index is 12.7. The number of carbonyl (C=O) groups excluding carboxylic acids is 2. The highest BCUT2D eigenvalue weighted by molar-refractivity contribution is 7.09. The SMILES string of the molecule is CC(=O)N1CCC(C(=O)N(C)Cc2csc(CN3CCOCC3)n2)CC1. The third-order valence-corrected chi connectivity index (χ3v) is 6.01. The second-order valence-electron chi connectivity index (χ2n) is 7.10. The normalized spacial score (nSPS) is 19.5. The van der Waals surface area contributed by atoms with E-state index < -0.39 is 0 Å². The van der Waals surface area contributed by atoms with Crippen molar-refractivity contribution in [3.05, 3.63) is 16.1 Å². The van der Waals surface area contributed by atoms with Crippen LogP contribution in [-0.2, 0) is 27.4 Å². The summed E-state index contributed by atoms with van der Waals surface area (Å²) in [5.74, 6) is 0.275. The summed E-state index contributed by atoms with van der Waals surface area (Å²) in [4.78, 5) is 34.7. The van der Waals surface area contributed by atoms with Gasteiger partial charge >= 0.3 is 0 Å². The second-order valence-corrected chi connectivity index (χ2v) is 8.04. The molecule has 26 heavy (non-hydrogen) atoms. The summed E-state index contributed by atoms with van der Waals surface area (Å²) in [6.45, 7) is 7.83. The molecule has 0 aliphatic carbocycles. The number of piperidine rings is 1. The summed E-state index contributed by atoms with van der Waals surface area (Å²) in [7, 11) is 1.85. The maximum Gasteiger partial charge on any atom is 0.225 e. The standard InChI is InChI=1S/C18H28N4O3S/c1-14(23)22-5-3-15(4-6-22)18(24)20(2)11-16-13-26-17(19-16)12-21-7-9-25-10-8-21/h13,15H,3-12H2,1-2H3. The Hall–Kier alpha value is -1.51. The maximum atomic E-state index is 12.7. The highest BCUT2D eigenvalue weighted by atomic mass is 32.1. The molecule has 1 aromatic rings. The van der Waals surface area contributed by atoms with Crippen LogP contribution in [0.2, 0.25) is 0 Å². The molecule has 7 nitrogen and oxygen atoms in total. The molecule has 2 aliphatic heterocycles. The number of hydrogen-bond acceptors (Lipinski definition) is 6. The third kappa shape index (κ3) is 5.02. The molecule has 0 spiro atoms. The van der Waals surface area contributed by atoms with Crippen molar-refractivity contribution in [1.29, 1.82) is 0 Å². The molecular formula is C18H28N4O3S. The molecule has 0 saturated carbocycles. The number of aromatic nitrogens is 1. The van der Waals surface area contributed by atoms with Crippen LogP contribution in [0.25, 0.3) is 0 Å². The van der Waals surface area contributed by atoms with E-state index in [2.05, 4.69) is 10.3 Å². The lowest BCUT2D eigenvalue weighted by molar-refractivity contribution is -0.139. The van der Waals surface area contributed by atoms with Gasteiger partial charge in [0, 0.05) is 51.4 Å². The van der Waals surface area contributed by atoms with Gasteiger partial charge in [-0.3, -0.25) is 14.5 Å². The van der Waals surface area contributed by atoms with Crippen molar-refractivity contribution in [2.24, 2.45) is 5.92 Å². The van der Waals surface area contributed by atoms with E-state index in [4.69, 9.17) is 9.72 Å². The van der Waals surface area contributed by atoms with Gasteiger partial charge in [-0.05, 0) is 12.8 Å². The van der Waals surface area contributed by atoms with Gasteiger partial charge in [-0.2, -0.15) is 0 Å². The Balaban J connectivity index is 1.47. The number of hydrogen-bond donors (Lipinski definition) is 0. The smallest absolute Gasteiger partial charge is 0.225 e. The first-order chi connectivity index (χ1) is 12.5. The Morgan fingerprint density at radius 2 is 1.96 bits per heavy atom. The summed E-state index contributed by atoms with van der Waals surface area (Å²) in [6, 6.07) is 0. The number of amides is 2. The van der Waals surface area contributed by atoms with Gasteiger partial charge in [-0.15, -0.1) is 11.3 Å². The van der Waals surface area contributed by atoms with Crippen LogP contribution >= 0.6 is 11.3 Å². The van der Waals surface area contributed by atoms with Gasteiger partial charge in [0.15, 0.2) is 0 Å². The van der Waals surface area contributed by atoms with E-state index in [9.17, 15) is 9.59 Å². The van der Waals surface area contributed by atoms with Gasteiger partial charge in [0.05, 0.1) is 32.0 Å². The zero-order valence-corrected chi connectivity index (χ0v) is 16.5. The molecule has 3 rings (SSSR count). The van der Waals surface area contributed by atoms with Crippen molar-refractivity contribution in [2.45, 2.75) is 32.9 Å². The molecule has 0 atom stereocenters. The highest BCUT2D eigenvalue weighted by Crippen LogP contribution is 2.21. The molecule has 0 aromatic carbocycles. The topological polar surface area (TPSA) is 66.0 Å². The minimum absolute atomic E-state index is 0.0158. The quantitative estimate of drug-likeness (QED) is 0.768. The minimum Gasteiger partial charge on any atom is -0.379 e. The number of rotatable bonds is 5. The van der Waals surface area contributed by atoms with E-state index in [1.807, 2.05) is 11.9 Å². The van der Waals surface area contributed by atoms with Crippen LogP contribution in [0, 0.1) is 5.92 Å². The number of nitrogens with zero attached hydrogens (tertiary/aromatic N) is 4. The van der Waals surface area contributed by atoms with Crippen molar-refractivity contribution in [3.8, 4) is 0 Å². The molecule has 3 heterocycles. The van der Waals surface area contributed by atoms with Crippen LogP contribution < -0.4 is 0 Å². The lowest BCUT2D eigenvalue weighted by Crippen LogP contribution is -2.42. The summed E-state index contributed by atoms with van der Waals surface area (Å²) in [5.41, 5.74) is 0.954. The first-order valence-electron chi connectivity index (χ1n) is 9.27. The molecule has 144 valence electrons. The molecule has 2 saturated heterocycles. The van der Waals surface area contributed by atoms with E-state index in [0.717, 1.165) is 56.4 Å². The molecule has 2 aliphatic rings. The Labute approximate surface area is 158 Å². The Kier molecular flexibility index (Phi) is 6.61. The van der Waals surface area contributed by atoms with Crippen LogP contribution in [-0.4, -0.2) is 77.9 Å². The lowest BCUT2D eigenvalue weighted by Gasteiger charge is -2.32. The third-order valence-electron chi connectivity index (χ3n) is 5.13. The van der Waals surface area contributed by atoms with Gasteiger partial charge in [0.2, 0.25) is 11.8 Å². The van der Waals surface area contributed by atoms with Gasteiger partial charge in [-0.25, -0.2) is 4.98 Å². The predicted octanol–water partition coefficient (Wildman–Crippen LogP) is 1.19. The predicted molar refractivity (Wildman–Crippen MR) is 99.7 cm³/mol. The number of thiazole rings is 1. The van der Waals surface area contributed by atoms with E-state index in [1.165, 1.54) is 0 Å². The number of carbonyl (C=O) groups is 2. The van der Waals surface area contributed by atoms with Gasteiger partial charge in [0.1, 0.15) is 5.01 Å². The lowest BCUT2D eigenvalue weighted by atomic mass is 9.95. The summed E-state index contributed by atoms with van der Waals surface area (Å²) in [6.07, 6.45) is 1.50. The van der Waals surface area contributed by atoms with E-state index in [0.29, 0.717) is 19.6 Å². The zero-order valence-electron chi connectivity index (χ0n) is 15.6. The molecule has 0 N–H and O–H groups in total. The Morgan fingerprint density at radius 3 is 2.62 bits per heavy atom. The molecule has 1 aromatic heterocycles. The van der Waals surface area contributed by atoms with E-state index >= 15 is 0 Å². The molecule has 2 fully saturated rings. The van der Waals surface area contributed by atoms with Crippen LogP contribution in [0.4, 0.5) is 0 Å². The van der Waals surface area contributed by atoms with Crippen LogP contribution in [0.1, 0.15) is 30.5 Å². The van der Waals surface area contributed by atoms with Crippen LogP contribution in [0.3, 0.4) is 0 Å². The number of morpholine rings is 1. The monoisotopic (exact) mass is 380 g/mol. The van der Waals surface area contributed by atoms with Crippen molar-refractivity contribution >= 4 is 23.2 Å². The first-order valence-corrected chi connectivity index (χ1v) is 10.1. The van der Waals surface area contributed by atoms with E-state index in [-0.39, 0.29) is 17.7 Å². The Morgan fingerprint density at radius 1 is 1.27 bits per heavy atom. The van der Waals surface area contributed by atoms with Gasteiger partial charge < -0.3 is 14.5 Å². The summed E-state index contributed by atoms with van der Waals surface area (Å²) >= 11 is 1.66. The molecule has 0 unspecified atom stereocenters. The van der Waals surface area contributed by atoms with Crippen molar-refractivity contribution in [1.82, 2.24) is 19.7 Å². The molecule has 0 bridgehead atoms. The average Bonchev–Trinajstić information content (AvgIpc) is 3.08. The zero-order chi connectivity index (χ0) is 18.5. The highest BCUT2D eigenvalue weighted by Gasteiger charge is 2.28. The average molecular weight is 381 g/mol. The van der Waals surface area contributed by atoms with Crippen molar-refractivity contribution < 1.29 is 14.3 Å². The second kappa shape index (κ2) is 8.92. The number of ether oxygens (including phenoxy) is 1. The fraction of sp³-hybridized carbons (Fsp3) is 0.722. The van der Waals surface area contributed by atoms with Crippen LogP contribution in [0.5, 0.6) is 0 Å². The summed E-state index contributed by atoms with van der Waals surface area (Å²) < 4.78 is 5.37. The fourth-order valence-electron chi connectivity index (χ4n) is 3.52. The molecule has 0 radical (unpaired) electrons. The largest absolute Gasteiger partial charge is 0.379 e. The van der Waals surface area contributed by atoms with Crippen LogP contribution in [0.15, 0.2) is 5.38 Å². The van der Waals surface area contributed by atoms with Gasteiger partial charge in [-0.1, -0.05) is 0 Å².